The number of hydrogen-bond donors (Lipinski definition) is 1. The Hall–Kier alpha value is -2.83. The maximum atomic E-state index is 12.2. The number of fused-ring (bicyclic) bond motifs is 1. The second-order valence-corrected chi connectivity index (χ2v) is 6.60. The number of ether oxygens (including phenoxy) is 1. The smallest absolute Gasteiger partial charge is 0.222 e. The Kier molecular flexibility index (Phi) is 5.25. The maximum Gasteiger partial charge on any atom is 0.222 e. The number of nitrogens with zero attached hydrogens (tertiary/aromatic N) is 4. The van der Waals surface area contributed by atoms with E-state index >= 15 is 0 Å². The summed E-state index contributed by atoms with van der Waals surface area (Å²) in [6.07, 6.45) is 2.20. The molecule has 0 aliphatic rings. The molecule has 1 aromatic carbocycles. The molecule has 0 unspecified atom stereocenters. The Morgan fingerprint density at radius 1 is 1.27 bits per heavy atom. The fourth-order valence-electron chi connectivity index (χ4n) is 2.98. The van der Waals surface area contributed by atoms with E-state index in [2.05, 4.69) is 29.4 Å². The van der Waals surface area contributed by atoms with Crippen molar-refractivity contribution in [2.45, 2.75) is 46.3 Å². The quantitative estimate of drug-likeness (QED) is 0.707. The lowest BCUT2D eigenvalue weighted by molar-refractivity contribution is -0.121. The van der Waals surface area contributed by atoms with Crippen LogP contribution in [0.15, 0.2) is 30.5 Å². The van der Waals surface area contributed by atoms with Gasteiger partial charge < -0.3 is 10.1 Å². The third kappa shape index (κ3) is 3.71. The average molecular weight is 355 g/mol. The lowest BCUT2D eigenvalue weighted by atomic mass is 10.2. The van der Waals surface area contributed by atoms with E-state index in [0.717, 1.165) is 28.0 Å². The van der Waals surface area contributed by atoms with Crippen LogP contribution >= 0.6 is 0 Å². The predicted octanol–water partition coefficient (Wildman–Crippen LogP) is 2.84. The maximum absolute atomic E-state index is 12.2. The van der Waals surface area contributed by atoms with Crippen molar-refractivity contribution in [2.24, 2.45) is 0 Å². The van der Waals surface area contributed by atoms with Crippen molar-refractivity contribution in [3.8, 4) is 5.75 Å². The molecule has 26 heavy (non-hydrogen) atoms. The molecule has 0 radical (unpaired) electrons. The number of amides is 1. The van der Waals surface area contributed by atoms with Crippen molar-refractivity contribution in [2.75, 3.05) is 7.11 Å². The Balaban J connectivity index is 1.58. The second-order valence-electron chi connectivity index (χ2n) is 6.60. The first-order valence-electron chi connectivity index (χ1n) is 8.80. The number of carbonyl (C=O) groups is 1. The van der Waals surface area contributed by atoms with Crippen molar-refractivity contribution in [3.63, 3.8) is 0 Å². The van der Waals surface area contributed by atoms with Gasteiger partial charge in [-0.1, -0.05) is 12.1 Å². The number of carbonyl (C=O) groups excluding carboxylic acids is 1. The summed E-state index contributed by atoms with van der Waals surface area (Å²) >= 11 is 0. The number of nitrogens with one attached hydrogen (secondary N) is 1. The summed E-state index contributed by atoms with van der Waals surface area (Å²) in [5.74, 6) is 0.804. The molecule has 3 aromatic rings. The van der Waals surface area contributed by atoms with Crippen LogP contribution in [0.2, 0.25) is 0 Å². The number of methoxy groups -OCH3 is 1. The first-order chi connectivity index (χ1) is 12.5. The van der Waals surface area contributed by atoms with Gasteiger partial charge in [0, 0.05) is 19.0 Å². The van der Waals surface area contributed by atoms with Crippen LogP contribution in [0.4, 0.5) is 0 Å². The van der Waals surface area contributed by atoms with Crippen LogP contribution in [0, 0.1) is 6.92 Å². The molecule has 0 saturated heterocycles. The second kappa shape index (κ2) is 7.59. The van der Waals surface area contributed by atoms with Crippen molar-refractivity contribution in [1.82, 2.24) is 24.9 Å². The van der Waals surface area contributed by atoms with Gasteiger partial charge in [0.1, 0.15) is 16.8 Å². The number of aromatic nitrogens is 4. The molecule has 2 heterocycles. The number of hydrogen-bond acceptors (Lipinski definition) is 4. The highest BCUT2D eigenvalue weighted by Crippen LogP contribution is 2.21. The highest BCUT2D eigenvalue weighted by Gasteiger charge is 2.15. The molecule has 0 aliphatic carbocycles. The van der Waals surface area contributed by atoms with Crippen LogP contribution in [0.3, 0.4) is 0 Å². The minimum absolute atomic E-state index is 0.00151. The van der Waals surface area contributed by atoms with Crippen LogP contribution < -0.4 is 10.1 Å². The zero-order chi connectivity index (χ0) is 18.7. The molecule has 1 N–H and O–H groups in total. The van der Waals surface area contributed by atoms with Gasteiger partial charge in [0.05, 0.1) is 25.5 Å². The van der Waals surface area contributed by atoms with E-state index in [9.17, 15) is 4.79 Å². The molecule has 0 atom stereocenters. The summed E-state index contributed by atoms with van der Waals surface area (Å²) in [6.45, 7) is 7.19. The molecule has 0 bridgehead atoms. The van der Waals surface area contributed by atoms with Gasteiger partial charge >= 0.3 is 0 Å². The van der Waals surface area contributed by atoms with Crippen LogP contribution in [0.25, 0.3) is 11.0 Å². The lowest BCUT2D eigenvalue weighted by Gasteiger charge is -2.07. The molecule has 0 aliphatic heterocycles. The van der Waals surface area contributed by atoms with E-state index in [-0.39, 0.29) is 11.9 Å². The van der Waals surface area contributed by atoms with Gasteiger partial charge in [-0.3, -0.25) is 14.2 Å². The van der Waals surface area contributed by atoms with Crippen molar-refractivity contribution in [1.29, 1.82) is 0 Å². The largest absolute Gasteiger partial charge is 0.497 e. The molecule has 3 rings (SSSR count). The number of benzene rings is 1. The zero-order valence-corrected chi connectivity index (χ0v) is 15.7. The van der Waals surface area contributed by atoms with Crippen molar-refractivity contribution in [3.05, 3.63) is 41.7 Å². The van der Waals surface area contributed by atoms with Gasteiger partial charge in [0.25, 0.3) is 0 Å². The van der Waals surface area contributed by atoms with Crippen LogP contribution in [0.5, 0.6) is 5.75 Å². The first kappa shape index (κ1) is 18.0. The van der Waals surface area contributed by atoms with Crippen molar-refractivity contribution >= 4 is 16.9 Å². The average Bonchev–Trinajstić information content (AvgIpc) is 3.20. The highest BCUT2D eigenvalue weighted by molar-refractivity contribution is 5.79. The molecule has 7 heteroatoms. The molecule has 1 amide bonds. The molecule has 0 spiro atoms. The monoisotopic (exact) mass is 355 g/mol. The van der Waals surface area contributed by atoms with E-state index < -0.39 is 0 Å². The first-order valence-corrected chi connectivity index (χ1v) is 8.80. The highest BCUT2D eigenvalue weighted by atomic mass is 16.5. The SMILES string of the molecule is COc1ccc(CNC(=O)CCn2ncc3c2c(C)nn3C(C)C)cc1. The minimum atomic E-state index is -0.00151. The summed E-state index contributed by atoms with van der Waals surface area (Å²) in [5, 5.41) is 11.9. The predicted molar refractivity (Wildman–Crippen MR) is 100 cm³/mol. The van der Waals surface area contributed by atoms with Crippen LogP contribution in [0.1, 0.15) is 37.6 Å². The number of rotatable bonds is 7. The summed E-state index contributed by atoms with van der Waals surface area (Å²) in [4.78, 5) is 12.2. The van der Waals surface area contributed by atoms with E-state index in [1.165, 1.54) is 0 Å². The fraction of sp³-hybridized carbons (Fsp3) is 0.421. The van der Waals surface area contributed by atoms with E-state index in [1.54, 1.807) is 7.11 Å². The summed E-state index contributed by atoms with van der Waals surface area (Å²) in [7, 11) is 1.63. The zero-order valence-electron chi connectivity index (χ0n) is 15.7. The van der Waals surface area contributed by atoms with E-state index in [0.29, 0.717) is 19.5 Å². The topological polar surface area (TPSA) is 74.0 Å². The Morgan fingerprint density at radius 3 is 2.65 bits per heavy atom. The minimum Gasteiger partial charge on any atom is -0.497 e. The van der Waals surface area contributed by atoms with Gasteiger partial charge in [-0.25, -0.2) is 0 Å². The van der Waals surface area contributed by atoms with E-state index in [1.807, 2.05) is 46.7 Å². The normalized spacial score (nSPS) is 11.3. The molecule has 0 saturated carbocycles. The molecule has 2 aromatic heterocycles. The van der Waals surface area contributed by atoms with Gasteiger partial charge in [-0.05, 0) is 38.5 Å². The van der Waals surface area contributed by atoms with Gasteiger partial charge in [0.2, 0.25) is 5.91 Å². The van der Waals surface area contributed by atoms with Crippen LogP contribution in [-0.2, 0) is 17.9 Å². The molecule has 0 fully saturated rings. The Morgan fingerprint density at radius 2 is 2.00 bits per heavy atom. The Labute approximate surface area is 152 Å². The molecular weight excluding hydrogens is 330 g/mol. The third-order valence-electron chi connectivity index (χ3n) is 4.36. The summed E-state index contributed by atoms with van der Waals surface area (Å²) in [5.41, 5.74) is 3.98. The molecular formula is C19H25N5O2. The number of aryl methyl sites for hydroxylation is 2. The standard InChI is InChI=1S/C19H25N5O2/c1-13(2)24-17-12-21-23(19(17)14(3)22-24)10-9-18(25)20-11-15-5-7-16(26-4)8-6-15/h5-8,12-13H,9-11H2,1-4H3,(H,20,25). The van der Waals surface area contributed by atoms with Gasteiger partial charge in [-0.2, -0.15) is 10.2 Å². The molecule has 138 valence electrons. The van der Waals surface area contributed by atoms with Gasteiger partial charge in [-0.15, -0.1) is 0 Å². The summed E-state index contributed by atoms with van der Waals surface area (Å²) in [6, 6.07) is 7.94. The summed E-state index contributed by atoms with van der Waals surface area (Å²) < 4.78 is 8.97. The van der Waals surface area contributed by atoms with Crippen molar-refractivity contribution < 1.29 is 9.53 Å². The van der Waals surface area contributed by atoms with E-state index in [4.69, 9.17) is 4.74 Å². The Bertz CT molecular complexity index is 893. The fourth-order valence-corrected chi connectivity index (χ4v) is 2.98. The third-order valence-corrected chi connectivity index (χ3v) is 4.36. The van der Waals surface area contributed by atoms with Gasteiger partial charge in [0.15, 0.2) is 0 Å². The lowest BCUT2D eigenvalue weighted by Crippen LogP contribution is -2.24. The molecule has 7 nitrogen and oxygen atoms in total. The van der Waals surface area contributed by atoms with Crippen LogP contribution in [-0.4, -0.2) is 32.6 Å².